The summed E-state index contributed by atoms with van der Waals surface area (Å²) in [6, 6.07) is 2.70. The lowest BCUT2D eigenvalue weighted by molar-refractivity contribution is 0.152. The minimum absolute atomic E-state index is 0.618. The van der Waals surface area contributed by atoms with Gasteiger partial charge < -0.3 is 9.80 Å². The van der Waals surface area contributed by atoms with Crippen LogP contribution in [0.4, 0.5) is 0 Å². The van der Waals surface area contributed by atoms with Crippen LogP contribution < -0.4 is 0 Å². The maximum atomic E-state index is 4.83. The van der Waals surface area contributed by atoms with Crippen LogP contribution in [0.5, 0.6) is 0 Å². The van der Waals surface area contributed by atoms with Gasteiger partial charge in [-0.2, -0.15) is 0 Å². The Kier molecular flexibility index (Phi) is 4.93. The van der Waals surface area contributed by atoms with E-state index in [1.54, 1.807) is 0 Å². The van der Waals surface area contributed by atoms with E-state index in [0.717, 1.165) is 23.9 Å². The van der Waals surface area contributed by atoms with Crippen molar-refractivity contribution in [2.24, 2.45) is 21.8 Å². The first kappa shape index (κ1) is 17.1. The summed E-state index contributed by atoms with van der Waals surface area (Å²) in [5.74, 6) is 1.75. The Balaban J connectivity index is 1.14. The number of aliphatic imine (C=N–C) groups is 2. The minimum atomic E-state index is 0.618. The molecule has 6 atom stereocenters. The Morgan fingerprint density at radius 2 is 1.12 bits per heavy atom. The van der Waals surface area contributed by atoms with E-state index in [1.807, 2.05) is 0 Å². The highest BCUT2D eigenvalue weighted by molar-refractivity contribution is 5.59. The van der Waals surface area contributed by atoms with Crippen molar-refractivity contribution >= 4 is 12.7 Å². The second-order valence-corrected chi connectivity index (χ2v) is 9.66. The topological polar surface area (TPSA) is 31.2 Å². The summed E-state index contributed by atoms with van der Waals surface area (Å²) < 4.78 is 0. The molecule has 0 amide bonds. The second kappa shape index (κ2) is 7.52. The smallest absolute Gasteiger partial charge is 0.0857 e. The highest BCUT2D eigenvalue weighted by atomic mass is 15.3. The Labute approximate surface area is 159 Å². The van der Waals surface area contributed by atoms with Crippen LogP contribution in [0.1, 0.15) is 77.0 Å². The highest BCUT2D eigenvalue weighted by Gasteiger charge is 2.36. The zero-order valence-corrected chi connectivity index (χ0v) is 16.3. The molecule has 3 aliphatic carbocycles. The van der Waals surface area contributed by atoms with E-state index < -0.39 is 0 Å². The van der Waals surface area contributed by atoms with Gasteiger partial charge in [-0.25, -0.2) is 0 Å². The zero-order valence-electron chi connectivity index (χ0n) is 16.3. The van der Waals surface area contributed by atoms with E-state index >= 15 is 0 Å². The molecule has 5 rings (SSSR count). The van der Waals surface area contributed by atoms with Gasteiger partial charge in [0, 0.05) is 13.1 Å². The number of hydrogen-bond donors (Lipinski definition) is 0. The van der Waals surface area contributed by atoms with Crippen LogP contribution in [0.3, 0.4) is 0 Å². The van der Waals surface area contributed by atoms with Crippen molar-refractivity contribution in [2.45, 2.75) is 101 Å². The third-order valence-electron chi connectivity index (χ3n) is 7.88. The van der Waals surface area contributed by atoms with Crippen molar-refractivity contribution in [1.82, 2.24) is 9.80 Å². The molecular formula is C22H36N4. The lowest BCUT2D eigenvalue weighted by Crippen LogP contribution is -2.43. The Hall–Kier alpha value is -1.06. The van der Waals surface area contributed by atoms with E-state index in [9.17, 15) is 0 Å². The molecule has 0 spiro atoms. The summed E-state index contributed by atoms with van der Waals surface area (Å²) in [7, 11) is 0. The normalized spacial score (nSPS) is 42.2. The van der Waals surface area contributed by atoms with Gasteiger partial charge in [0.15, 0.2) is 0 Å². The summed E-state index contributed by atoms with van der Waals surface area (Å²) in [6.45, 7) is 2.53. The SMILES string of the molecule is C1=NC2CCCCC2N1CC1CCCC(CN2C=NC3CCCCC32)C1. The van der Waals surface area contributed by atoms with E-state index in [0.29, 0.717) is 12.1 Å². The maximum Gasteiger partial charge on any atom is 0.0857 e. The Bertz CT molecular complexity index is 498. The van der Waals surface area contributed by atoms with Crippen molar-refractivity contribution in [3.63, 3.8) is 0 Å². The molecule has 3 fully saturated rings. The predicted octanol–water partition coefficient (Wildman–Crippen LogP) is 4.10. The molecule has 0 radical (unpaired) electrons. The molecule has 144 valence electrons. The summed E-state index contributed by atoms with van der Waals surface area (Å²) in [6.07, 6.45) is 21.1. The molecule has 0 aromatic rings. The van der Waals surface area contributed by atoms with E-state index in [2.05, 4.69) is 22.5 Å². The molecule has 4 heteroatoms. The fraction of sp³-hybridized carbons (Fsp3) is 0.909. The molecule has 0 bridgehead atoms. The molecule has 0 aromatic heterocycles. The molecule has 3 saturated carbocycles. The van der Waals surface area contributed by atoms with Gasteiger partial charge in [-0.05, 0) is 56.8 Å². The monoisotopic (exact) mass is 356 g/mol. The highest BCUT2D eigenvalue weighted by Crippen LogP contribution is 2.36. The van der Waals surface area contributed by atoms with Crippen molar-refractivity contribution < 1.29 is 0 Å². The van der Waals surface area contributed by atoms with Gasteiger partial charge >= 0.3 is 0 Å². The molecular weight excluding hydrogens is 320 g/mol. The van der Waals surface area contributed by atoms with Crippen LogP contribution in [0.2, 0.25) is 0 Å². The summed E-state index contributed by atoms with van der Waals surface area (Å²) in [5, 5.41) is 0. The quantitative estimate of drug-likeness (QED) is 0.759. The predicted molar refractivity (Wildman–Crippen MR) is 108 cm³/mol. The van der Waals surface area contributed by atoms with Gasteiger partial charge in [0.1, 0.15) is 0 Å². The first-order chi connectivity index (χ1) is 12.9. The number of fused-ring (bicyclic) bond motifs is 2. The third kappa shape index (κ3) is 3.41. The van der Waals surface area contributed by atoms with Gasteiger partial charge in [-0.3, -0.25) is 9.98 Å². The number of rotatable bonds is 4. The van der Waals surface area contributed by atoms with Crippen molar-refractivity contribution in [3.8, 4) is 0 Å². The Morgan fingerprint density at radius 3 is 1.65 bits per heavy atom. The minimum Gasteiger partial charge on any atom is -0.358 e. The van der Waals surface area contributed by atoms with Gasteiger partial charge in [-0.1, -0.05) is 32.1 Å². The molecule has 2 heterocycles. The van der Waals surface area contributed by atoms with Gasteiger partial charge in [0.05, 0.1) is 36.8 Å². The number of hydrogen-bond acceptors (Lipinski definition) is 4. The fourth-order valence-corrected chi connectivity index (χ4v) is 6.51. The lowest BCUT2D eigenvalue weighted by Gasteiger charge is -2.39. The average Bonchev–Trinajstić information content (AvgIpc) is 3.27. The average molecular weight is 357 g/mol. The standard InChI is InChI=1S/C22H36N4/c1-3-10-21-19(8-1)23-15-25(21)13-17-6-5-7-18(12-17)14-26-16-24-20-9-2-4-11-22(20)26/h15-22H,1-14H2. The largest absolute Gasteiger partial charge is 0.358 e. The van der Waals surface area contributed by atoms with Crippen LogP contribution in [0, 0.1) is 11.8 Å². The summed E-state index contributed by atoms with van der Waals surface area (Å²) in [5.41, 5.74) is 0. The molecule has 2 aliphatic heterocycles. The number of nitrogens with zero attached hydrogens (tertiary/aromatic N) is 4. The van der Waals surface area contributed by atoms with Crippen LogP contribution >= 0.6 is 0 Å². The van der Waals surface area contributed by atoms with Crippen molar-refractivity contribution in [2.75, 3.05) is 13.1 Å². The van der Waals surface area contributed by atoms with Crippen LogP contribution in [0.25, 0.3) is 0 Å². The molecule has 0 N–H and O–H groups in total. The fourth-order valence-electron chi connectivity index (χ4n) is 6.51. The van der Waals surface area contributed by atoms with Crippen molar-refractivity contribution in [3.05, 3.63) is 0 Å². The zero-order chi connectivity index (χ0) is 17.3. The molecule has 26 heavy (non-hydrogen) atoms. The lowest BCUT2D eigenvalue weighted by atomic mass is 9.80. The van der Waals surface area contributed by atoms with Crippen LogP contribution in [-0.2, 0) is 0 Å². The first-order valence-electron chi connectivity index (χ1n) is 11.4. The second-order valence-electron chi connectivity index (χ2n) is 9.66. The third-order valence-corrected chi connectivity index (χ3v) is 7.88. The van der Waals surface area contributed by atoms with E-state index in [1.165, 1.54) is 90.1 Å². The van der Waals surface area contributed by atoms with E-state index in [4.69, 9.17) is 9.98 Å². The van der Waals surface area contributed by atoms with Crippen molar-refractivity contribution in [1.29, 1.82) is 0 Å². The molecule has 0 aromatic carbocycles. The summed E-state index contributed by atoms with van der Waals surface area (Å²) in [4.78, 5) is 14.9. The van der Waals surface area contributed by atoms with Gasteiger partial charge in [0.2, 0.25) is 0 Å². The van der Waals surface area contributed by atoms with Crippen LogP contribution in [-0.4, -0.2) is 59.7 Å². The molecule has 6 unspecified atom stereocenters. The maximum absolute atomic E-state index is 4.83. The molecule has 4 nitrogen and oxygen atoms in total. The first-order valence-corrected chi connectivity index (χ1v) is 11.4. The van der Waals surface area contributed by atoms with Gasteiger partial charge in [0.25, 0.3) is 0 Å². The van der Waals surface area contributed by atoms with Crippen LogP contribution in [0.15, 0.2) is 9.98 Å². The van der Waals surface area contributed by atoms with E-state index in [-0.39, 0.29) is 0 Å². The Morgan fingerprint density at radius 1 is 0.615 bits per heavy atom. The van der Waals surface area contributed by atoms with Gasteiger partial charge in [-0.15, -0.1) is 0 Å². The molecule has 5 aliphatic rings. The molecule has 0 saturated heterocycles. The summed E-state index contributed by atoms with van der Waals surface area (Å²) >= 11 is 0.